The van der Waals surface area contributed by atoms with E-state index < -0.39 is 5.97 Å². The predicted molar refractivity (Wildman–Crippen MR) is 78.8 cm³/mol. The Labute approximate surface area is 124 Å². The van der Waals surface area contributed by atoms with Crippen molar-refractivity contribution in [2.75, 3.05) is 24.5 Å². The summed E-state index contributed by atoms with van der Waals surface area (Å²) in [6, 6.07) is 10.8. The number of nitrogens with zero attached hydrogens (tertiary/aromatic N) is 3. The van der Waals surface area contributed by atoms with Gasteiger partial charge in [-0.1, -0.05) is 18.2 Å². The topological polar surface area (TPSA) is 84.6 Å². The van der Waals surface area contributed by atoms with Crippen molar-refractivity contribution >= 4 is 17.6 Å². The normalized spacial score (nSPS) is 10.4. The quantitative estimate of drug-likeness (QED) is 0.766. The molecule has 1 aromatic carbocycles. The number of carbonyl (C=O) groups excluding carboxylic acids is 1. The van der Waals surface area contributed by atoms with Gasteiger partial charge in [-0.25, -0.2) is 0 Å². The Morgan fingerprint density at radius 1 is 1.24 bits per heavy atom. The van der Waals surface area contributed by atoms with Gasteiger partial charge in [-0.3, -0.25) is 19.4 Å². The standard InChI is InChI=1S/C15H19N3O3/c1-12(2)17(11-15(20)21)10-14(19)18(9-8-16)13-6-4-3-5-7-13/h3-7,12H,9-11H2,1-2H3,(H,20,21). The lowest BCUT2D eigenvalue weighted by Gasteiger charge is -2.27. The zero-order valence-electron chi connectivity index (χ0n) is 12.2. The number of para-hydroxylation sites is 1. The van der Waals surface area contributed by atoms with Crippen LogP contribution in [0.2, 0.25) is 0 Å². The van der Waals surface area contributed by atoms with E-state index in [1.165, 1.54) is 4.90 Å². The average molecular weight is 289 g/mol. The van der Waals surface area contributed by atoms with Crippen LogP contribution in [0.15, 0.2) is 30.3 Å². The number of carboxylic acids is 1. The molecule has 6 heteroatoms. The maximum Gasteiger partial charge on any atom is 0.317 e. The third kappa shape index (κ3) is 5.24. The fraction of sp³-hybridized carbons (Fsp3) is 0.400. The fourth-order valence-corrected chi connectivity index (χ4v) is 1.86. The van der Waals surface area contributed by atoms with Crippen LogP contribution in [0.4, 0.5) is 5.69 Å². The van der Waals surface area contributed by atoms with E-state index in [1.54, 1.807) is 29.2 Å². The molecular weight excluding hydrogens is 270 g/mol. The average Bonchev–Trinajstić information content (AvgIpc) is 2.44. The fourth-order valence-electron chi connectivity index (χ4n) is 1.86. The van der Waals surface area contributed by atoms with Crippen molar-refractivity contribution in [2.45, 2.75) is 19.9 Å². The van der Waals surface area contributed by atoms with Gasteiger partial charge >= 0.3 is 5.97 Å². The number of hydrogen-bond donors (Lipinski definition) is 1. The van der Waals surface area contributed by atoms with E-state index in [2.05, 4.69) is 0 Å². The highest BCUT2D eigenvalue weighted by Gasteiger charge is 2.21. The highest BCUT2D eigenvalue weighted by molar-refractivity contribution is 5.95. The van der Waals surface area contributed by atoms with Crippen molar-refractivity contribution in [2.24, 2.45) is 0 Å². The molecule has 0 saturated heterocycles. The van der Waals surface area contributed by atoms with Crippen molar-refractivity contribution < 1.29 is 14.7 Å². The van der Waals surface area contributed by atoms with Gasteiger partial charge in [-0.15, -0.1) is 0 Å². The molecule has 0 spiro atoms. The maximum atomic E-state index is 12.4. The minimum atomic E-state index is -0.983. The largest absolute Gasteiger partial charge is 0.480 e. The molecule has 1 amide bonds. The second kappa shape index (κ2) is 8.02. The first-order valence-corrected chi connectivity index (χ1v) is 6.64. The summed E-state index contributed by atoms with van der Waals surface area (Å²) in [5.74, 6) is -1.28. The molecule has 0 atom stereocenters. The van der Waals surface area contributed by atoms with Crippen LogP contribution in [-0.4, -0.2) is 47.6 Å². The summed E-state index contributed by atoms with van der Waals surface area (Å²) in [6.07, 6.45) is 0. The summed E-state index contributed by atoms with van der Waals surface area (Å²) in [7, 11) is 0. The SMILES string of the molecule is CC(C)N(CC(=O)O)CC(=O)N(CC#N)c1ccccc1. The summed E-state index contributed by atoms with van der Waals surface area (Å²) in [6.45, 7) is 3.34. The summed E-state index contributed by atoms with van der Waals surface area (Å²) >= 11 is 0. The van der Waals surface area contributed by atoms with Crippen molar-refractivity contribution in [1.29, 1.82) is 5.26 Å². The Bertz CT molecular complexity index is 523. The molecule has 0 radical (unpaired) electrons. The van der Waals surface area contributed by atoms with Crippen LogP contribution in [0.1, 0.15) is 13.8 Å². The van der Waals surface area contributed by atoms with Gasteiger partial charge in [-0.05, 0) is 26.0 Å². The molecule has 0 unspecified atom stereocenters. The van der Waals surface area contributed by atoms with E-state index in [9.17, 15) is 9.59 Å². The first-order valence-electron chi connectivity index (χ1n) is 6.64. The van der Waals surface area contributed by atoms with Crippen LogP contribution < -0.4 is 4.90 Å². The monoisotopic (exact) mass is 289 g/mol. The molecule has 1 aromatic rings. The predicted octanol–water partition coefficient (Wildman–Crippen LogP) is 1.34. The molecule has 0 aliphatic heterocycles. The minimum absolute atomic E-state index is 0.0411. The Morgan fingerprint density at radius 2 is 1.86 bits per heavy atom. The second-order valence-electron chi connectivity index (χ2n) is 4.87. The van der Waals surface area contributed by atoms with Gasteiger partial charge in [-0.2, -0.15) is 5.26 Å². The van der Waals surface area contributed by atoms with E-state index in [0.717, 1.165) is 0 Å². The molecule has 6 nitrogen and oxygen atoms in total. The van der Waals surface area contributed by atoms with Crippen LogP contribution >= 0.6 is 0 Å². The van der Waals surface area contributed by atoms with Gasteiger partial charge in [0.25, 0.3) is 0 Å². The van der Waals surface area contributed by atoms with Crippen LogP contribution in [0.3, 0.4) is 0 Å². The summed E-state index contributed by atoms with van der Waals surface area (Å²) < 4.78 is 0. The van der Waals surface area contributed by atoms with Gasteiger partial charge in [0.2, 0.25) is 5.91 Å². The molecule has 0 saturated carbocycles. The number of hydrogen-bond acceptors (Lipinski definition) is 4. The smallest absolute Gasteiger partial charge is 0.317 e. The highest BCUT2D eigenvalue weighted by Crippen LogP contribution is 2.13. The van der Waals surface area contributed by atoms with Crippen molar-refractivity contribution in [1.82, 2.24) is 4.90 Å². The number of benzene rings is 1. The van der Waals surface area contributed by atoms with Crippen LogP contribution in [0.25, 0.3) is 0 Å². The van der Waals surface area contributed by atoms with Crippen molar-refractivity contribution in [3.8, 4) is 6.07 Å². The van der Waals surface area contributed by atoms with Gasteiger partial charge in [0.05, 0.1) is 19.2 Å². The lowest BCUT2D eigenvalue weighted by Crippen LogP contribution is -2.45. The second-order valence-corrected chi connectivity index (χ2v) is 4.87. The van der Waals surface area contributed by atoms with Gasteiger partial charge in [0, 0.05) is 11.7 Å². The Kier molecular flexibility index (Phi) is 6.37. The first kappa shape index (κ1) is 16.7. The van der Waals surface area contributed by atoms with E-state index in [0.29, 0.717) is 5.69 Å². The molecule has 112 valence electrons. The Balaban J connectivity index is 2.86. The summed E-state index contributed by atoms with van der Waals surface area (Å²) in [5.41, 5.74) is 0.628. The lowest BCUT2D eigenvalue weighted by molar-refractivity contribution is -0.139. The summed E-state index contributed by atoms with van der Waals surface area (Å²) in [4.78, 5) is 26.1. The highest BCUT2D eigenvalue weighted by atomic mass is 16.4. The number of amides is 1. The van der Waals surface area contributed by atoms with Crippen LogP contribution in [-0.2, 0) is 9.59 Å². The first-order chi connectivity index (χ1) is 9.95. The Hall–Kier alpha value is -2.39. The van der Waals surface area contributed by atoms with E-state index in [-0.39, 0.29) is 31.6 Å². The zero-order valence-corrected chi connectivity index (χ0v) is 12.2. The molecule has 1 N–H and O–H groups in total. The molecular formula is C15H19N3O3. The lowest BCUT2D eigenvalue weighted by atomic mass is 10.2. The molecule has 21 heavy (non-hydrogen) atoms. The molecule has 0 bridgehead atoms. The van der Waals surface area contributed by atoms with Gasteiger partial charge in [0.15, 0.2) is 0 Å². The molecule has 0 heterocycles. The molecule has 0 aliphatic carbocycles. The van der Waals surface area contributed by atoms with E-state index in [4.69, 9.17) is 10.4 Å². The third-order valence-corrected chi connectivity index (χ3v) is 3.00. The van der Waals surface area contributed by atoms with Crippen molar-refractivity contribution in [3.63, 3.8) is 0 Å². The molecule has 0 aromatic heterocycles. The number of carboxylic acid groups (broad SMARTS) is 1. The van der Waals surface area contributed by atoms with Crippen molar-refractivity contribution in [3.05, 3.63) is 30.3 Å². The third-order valence-electron chi connectivity index (χ3n) is 3.00. The Morgan fingerprint density at radius 3 is 2.33 bits per heavy atom. The van der Waals surface area contributed by atoms with Crippen LogP contribution in [0.5, 0.6) is 0 Å². The van der Waals surface area contributed by atoms with E-state index >= 15 is 0 Å². The molecule has 1 rings (SSSR count). The number of rotatable bonds is 7. The molecule has 0 fully saturated rings. The van der Waals surface area contributed by atoms with Gasteiger partial charge < -0.3 is 5.11 Å². The minimum Gasteiger partial charge on any atom is -0.480 e. The maximum absolute atomic E-state index is 12.4. The summed E-state index contributed by atoms with van der Waals surface area (Å²) in [5, 5.41) is 17.8. The number of anilines is 1. The van der Waals surface area contributed by atoms with Gasteiger partial charge in [0.1, 0.15) is 6.54 Å². The number of carbonyl (C=O) groups is 2. The zero-order chi connectivity index (χ0) is 15.8. The number of nitriles is 1. The number of aliphatic carboxylic acids is 1. The van der Waals surface area contributed by atoms with E-state index in [1.807, 2.05) is 26.0 Å². The van der Waals surface area contributed by atoms with Crippen LogP contribution in [0, 0.1) is 11.3 Å². The molecule has 0 aliphatic rings.